The van der Waals surface area contributed by atoms with E-state index in [0.29, 0.717) is 0 Å². The molecule has 1 N–H and O–H groups in total. The molecule has 0 radical (unpaired) electrons. The summed E-state index contributed by atoms with van der Waals surface area (Å²) in [7, 11) is 5.40. The summed E-state index contributed by atoms with van der Waals surface area (Å²) in [6, 6.07) is 5.85. The molecule has 2 rings (SSSR count). The molecule has 1 aliphatic rings. The Morgan fingerprint density at radius 2 is 2.11 bits per heavy atom. The van der Waals surface area contributed by atoms with Crippen LogP contribution in [0.1, 0.15) is 18.4 Å². The molecule has 1 fully saturated rings. The summed E-state index contributed by atoms with van der Waals surface area (Å²) < 4.78 is 10.7. The van der Waals surface area contributed by atoms with E-state index in [0.717, 1.165) is 43.0 Å². The Labute approximate surface area is 114 Å². The number of aliphatic hydroxyl groups excluding tert-OH is 1. The minimum absolute atomic E-state index is 0.139. The van der Waals surface area contributed by atoms with Crippen LogP contribution in [0.25, 0.3) is 0 Å². The molecule has 1 aromatic carbocycles. The Kier molecular flexibility index (Phi) is 4.32. The fourth-order valence-corrected chi connectivity index (χ4v) is 3.03. The van der Waals surface area contributed by atoms with Crippen LogP contribution < -0.4 is 9.47 Å². The number of benzene rings is 1. The van der Waals surface area contributed by atoms with Crippen LogP contribution in [0.3, 0.4) is 0 Å². The Morgan fingerprint density at radius 1 is 1.32 bits per heavy atom. The van der Waals surface area contributed by atoms with Crippen molar-refractivity contribution in [3.63, 3.8) is 0 Å². The largest absolute Gasteiger partial charge is 0.497 e. The van der Waals surface area contributed by atoms with Gasteiger partial charge < -0.3 is 19.5 Å². The average Bonchev–Trinajstić information content (AvgIpc) is 2.46. The summed E-state index contributed by atoms with van der Waals surface area (Å²) in [5.41, 5.74) is 0.842. The Balaban J connectivity index is 2.42. The van der Waals surface area contributed by atoms with E-state index < -0.39 is 0 Å². The highest BCUT2D eigenvalue weighted by atomic mass is 16.5. The van der Waals surface area contributed by atoms with Crippen molar-refractivity contribution < 1.29 is 14.6 Å². The highest BCUT2D eigenvalue weighted by Gasteiger charge is 2.37. The van der Waals surface area contributed by atoms with Crippen LogP contribution in [0.4, 0.5) is 0 Å². The molecule has 1 aliphatic heterocycles. The predicted molar refractivity (Wildman–Crippen MR) is 75.0 cm³/mol. The van der Waals surface area contributed by atoms with Crippen LogP contribution in [0, 0.1) is 0 Å². The molecule has 0 aromatic heterocycles. The number of likely N-dealkylation sites (N-methyl/N-ethyl adjacent to an activating group) is 1. The highest BCUT2D eigenvalue weighted by Crippen LogP contribution is 2.40. The minimum Gasteiger partial charge on any atom is -0.497 e. The third-order valence-corrected chi connectivity index (χ3v) is 4.05. The number of hydrogen-bond acceptors (Lipinski definition) is 4. The van der Waals surface area contributed by atoms with Crippen molar-refractivity contribution >= 4 is 0 Å². The molecule has 1 saturated heterocycles. The van der Waals surface area contributed by atoms with Crippen molar-refractivity contribution in [2.75, 3.05) is 41.0 Å². The molecule has 0 bridgehead atoms. The number of ether oxygens (including phenoxy) is 2. The zero-order chi connectivity index (χ0) is 13.9. The lowest BCUT2D eigenvalue weighted by Gasteiger charge is -2.41. The predicted octanol–water partition coefficient (Wildman–Crippen LogP) is 1.66. The van der Waals surface area contributed by atoms with Crippen LogP contribution in [0.5, 0.6) is 11.5 Å². The van der Waals surface area contributed by atoms with E-state index in [9.17, 15) is 5.11 Å². The van der Waals surface area contributed by atoms with Gasteiger partial charge in [-0.3, -0.25) is 0 Å². The van der Waals surface area contributed by atoms with E-state index in [4.69, 9.17) is 9.47 Å². The molecule has 0 amide bonds. The normalized spacial score (nSPS) is 24.2. The molecule has 4 nitrogen and oxygen atoms in total. The number of hydrogen-bond donors (Lipinski definition) is 1. The molecule has 0 aliphatic carbocycles. The SMILES string of the molecule is COc1ccc(C2(CO)CCCN(C)C2)c(OC)c1. The lowest BCUT2D eigenvalue weighted by atomic mass is 9.74. The lowest BCUT2D eigenvalue weighted by Crippen LogP contribution is -2.46. The first-order valence-electron chi connectivity index (χ1n) is 6.67. The summed E-state index contributed by atoms with van der Waals surface area (Å²) in [5.74, 6) is 1.57. The standard InChI is InChI=1S/C15H23NO3/c1-16-8-4-7-15(10-16,11-17)13-6-5-12(18-2)9-14(13)19-3/h5-6,9,17H,4,7-8,10-11H2,1-3H3. The Morgan fingerprint density at radius 3 is 2.68 bits per heavy atom. The summed E-state index contributed by atoms with van der Waals surface area (Å²) in [6.45, 7) is 2.08. The molecule has 0 spiro atoms. The zero-order valence-electron chi connectivity index (χ0n) is 12.0. The van der Waals surface area contributed by atoms with Gasteiger partial charge in [0.1, 0.15) is 11.5 Å². The molecular weight excluding hydrogens is 242 g/mol. The monoisotopic (exact) mass is 265 g/mol. The molecule has 1 heterocycles. The minimum atomic E-state index is -0.232. The summed E-state index contributed by atoms with van der Waals surface area (Å²) in [5, 5.41) is 9.95. The zero-order valence-corrected chi connectivity index (χ0v) is 12.0. The van der Waals surface area contributed by atoms with E-state index in [1.54, 1.807) is 14.2 Å². The average molecular weight is 265 g/mol. The van der Waals surface area contributed by atoms with Gasteiger partial charge in [-0.25, -0.2) is 0 Å². The summed E-state index contributed by atoms with van der Waals surface area (Å²) >= 11 is 0. The van der Waals surface area contributed by atoms with E-state index in [-0.39, 0.29) is 12.0 Å². The maximum atomic E-state index is 9.95. The van der Waals surface area contributed by atoms with Crippen LogP contribution in [-0.4, -0.2) is 51.0 Å². The summed E-state index contributed by atoms with van der Waals surface area (Å²) in [4.78, 5) is 2.27. The quantitative estimate of drug-likeness (QED) is 0.899. The molecule has 1 aromatic rings. The second-order valence-electron chi connectivity index (χ2n) is 5.35. The van der Waals surface area contributed by atoms with E-state index in [1.807, 2.05) is 18.2 Å². The van der Waals surface area contributed by atoms with Crippen LogP contribution in [0.15, 0.2) is 18.2 Å². The first-order valence-corrected chi connectivity index (χ1v) is 6.67. The van der Waals surface area contributed by atoms with Crippen molar-refractivity contribution in [1.29, 1.82) is 0 Å². The third-order valence-electron chi connectivity index (χ3n) is 4.05. The van der Waals surface area contributed by atoms with Gasteiger partial charge in [0.2, 0.25) is 0 Å². The van der Waals surface area contributed by atoms with E-state index >= 15 is 0 Å². The fraction of sp³-hybridized carbons (Fsp3) is 0.600. The lowest BCUT2D eigenvalue weighted by molar-refractivity contribution is 0.102. The second-order valence-corrected chi connectivity index (χ2v) is 5.35. The molecule has 19 heavy (non-hydrogen) atoms. The number of methoxy groups -OCH3 is 2. The first-order chi connectivity index (χ1) is 9.15. The number of rotatable bonds is 4. The Bertz CT molecular complexity index is 435. The van der Waals surface area contributed by atoms with Gasteiger partial charge in [-0.15, -0.1) is 0 Å². The number of piperidine rings is 1. The fourth-order valence-electron chi connectivity index (χ4n) is 3.03. The maximum Gasteiger partial charge on any atom is 0.126 e. The van der Waals surface area contributed by atoms with Crippen molar-refractivity contribution in [3.05, 3.63) is 23.8 Å². The van der Waals surface area contributed by atoms with Crippen molar-refractivity contribution in [2.45, 2.75) is 18.3 Å². The number of nitrogens with zero attached hydrogens (tertiary/aromatic N) is 1. The van der Waals surface area contributed by atoms with Gasteiger partial charge in [-0.1, -0.05) is 6.07 Å². The molecule has 106 valence electrons. The summed E-state index contributed by atoms with van der Waals surface area (Å²) in [6.07, 6.45) is 2.07. The molecule has 1 atom stereocenters. The molecular formula is C15H23NO3. The maximum absolute atomic E-state index is 9.95. The molecule has 1 unspecified atom stereocenters. The van der Waals surface area contributed by atoms with Gasteiger partial charge in [0.15, 0.2) is 0 Å². The smallest absolute Gasteiger partial charge is 0.126 e. The van der Waals surface area contributed by atoms with Gasteiger partial charge in [-0.05, 0) is 32.5 Å². The van der Waals surface area contributed by atoms with Crippen molar-refractivity contribution in [3.8, 4) is 11.5 Å². The van der Waals surface area contributed by atoms with Gasteiger partial charge in [0, 0.05) is 23.6 Å². The Hall–Kier alpha value is -1.26. The van der Waals surface area contributed by atoms with Gasteiger partial charge >= 0.3 is 0 Å². The van der Waals surface area contributed by atoms with E-state index in [1.165, 1.54) is 0 Å². The third kappa shape index (κ3) is 2.69. The van der Waals surface area contributed by atoms with Gasteiger partial charge in [0.25, 0.3) is 0 Å². The van der Waals surface area contributed by atoms with E-state index in [2.05, 4.69) is 11.9 Å². The van der Waals surface area contributed by atoms with Crippen LogP contribution in [0.2, 0.25) is 0 Å². The molecule has 0 saturated carbocycles. The van der Waals surface area contributed by atoms with Crippen molar-refractivity contribution in [2.24, 2.45) is 0 Å². The molecule has 4 heteroatoms. The highest BCUT2D eigenvalue weighted by molar-refractivity contribution is 5.45. The number of likely N-dealkylation sites (tertiary alicyclic amines) is 1. The van der Waals surface area contributed by atoms with Gasteiger partial charge in [-0.2, -0.15) is 0 Å². The topological polar surface area (TPSA) is 41.9 Å². The van der Waals surface area contributed by atoms with Crippen molar-refractivity contribution in [1.82, 2.24) is 4.90 Å². The van der Waals surface area contributed by atoms with Crippen LogP contribution >= 0.6 is 0 Å². The number of aliphatic hydroxyl groups is 1. The first kappa shape index (κ1) is 14.2. The van der Waals surface area contributed by atoms with Crippen LogP contribution in [-0.2, 0) is 5.41 Å². The van der Waals surface area contributed by atoms with Gasteiger partial charge in [0.05, 0.1) is 20.8 Å². The second kappa shape index (κ2) is 5.80.